The number of hydrogen-bond acceptors (Lipinski definition) is 3. The van der Waals surface area contributed by atoms with Gasteiger partial charge in [0.1, 0.15) is 0 Å². The summed E-state index contributed by atoms with van der Waals surface area (Å²) in [5.74, 6) is -0.145. The number of aromatic amines is 1. The molecule has 0 atom stereocenters. The molecule has 76 valence electrons. The third-order valence-corrected chi connectivity index (χ3v) is 2.85. The summed E-state index contributed by atoms with van der Waals surface area (Å²) in [6, 6.07) is 3.20. The van der Waals surface area contributed by atoms with Crippen LogP contribution < -0.4 is 0 Å². The van der Waals surface area contributed by atoms with Crippen LogP contribution in [0.25, 0.3) is 11.3 Å². The summed E-state index contributed by atoms with van der Waals surface area (Å²) in [5, 5.41) is 25.8. The summed E-state index contributed by atoms with van der Waals surface area (Å²) in [4.78, 5) is 0. The van der Waals surface area contributed by atoms with Crippen LogP contribution in [0.5, 0.6) is 11.5 Å². The van der Waals surface area contributed by atoms with E-state index in [4.69, 9.17) is 0 Å². The minimum Gasteiger partial charge on any atom is -0.504 e. The Morgan fingerprint density at radius 3 is 2.67 bits per heavy atom. The molecule has 0 fully saturated rings. The summed E-state index contributed by atoms with van der Waals surface area (Å²) in [6.45, 7) is 0. The van der Waals surface area contributed by atoms with Crippen LogP contribution in [0, 0.1) is 0 Å². The van der Waals surface area contributed by atoms with E-state index in [1.165, 1.54) is 0 Å². The first-order chi connectivity index (χ1) is 7.25. The topological polar surface area (TPSA) is 69.1 Å². The van der Waals surface area contributed by atoms with Gasteiger partial charge in [0.15, 0.2) is 11.5 Å². The van der Waals surface area contributed by atoms with Gasteiger partial charge in [-0.2, -0.15) is 5.10 Å². The van der Waals surface area contributed by atoms with E-state index in [1.54, 1.807) is 12.1 Å². The predicted molar refractivity (Wildman–Crippen MR) is 54.8 cm³/mol. The number of fused-ring (bicyclic) bond motifs is 3. The van der Waals surface area contributed by atoms with Crippen LogP contribution >= 0.6 is 0 Å². The number of phenolic OH excluding ortho intramolecular Hbond substituents is 2. The van der Waals surface area contributed by atoms with Gasteiger partial charge in [-0.3, -0.25) is 5.10 Å². The zero-order valence-corrected chi connectivity index (χ0v) is 7.99. The minimum atomic E-state index is -0.0869. The molecule has 1 aliphatic rings. The van der Waals surface area contributed by atoms with Crippen LogP contribution in [0.2, 0.25) is 0 Å². The highest BCUT2D eigenvalue weighted by Gasteiger charge is 2.19. The molecule has 0 spiro atoms. The summed E-state index contributed by atoms with van der Waals surface area (Å²) >= 11 is 0. The lowest BCUT2D eigenvalue weighted by Crippen LogP contribution is -2.02. The summed E-state index contributed by atoms with van der Waals surface area (Å²) < 4.78 is 0. The molecule has 0 bridgehead atoms. The Bertz CT molecular complexity index is 531. The van der Waals surface area contributed by atoms with Gasteiger partial charge in [-0.15, -0.1) is 0 Å². The smallest absolute Gasteiger partial charge is 0.158 e. The van der Waals surface area contributed by atoms with E-state index >= 15 is 0 Å². The largest absolute Gasteiger partial charge is 0.504 e. The second kappa shape index (κ2) is 2.76. The van der Waals surface area contributed by atoms with Crippen LogP contribution in [0.15, 0.2) is 18.3 Å². The van der Waals surface area contributed by atoms with E-state index in [1.807, 2.05) is 6.20 Å². The summed E-state index contributed by atoms with van der Waals surface area (Å²) in [5.41, 5.74) is 4.09. The highest BCUT2D eigenvalue weighted by molar-refractivity contribution is 5.72. The van der Waals surface area contributed by atoms with Gasteiger partial charge >= 0.3 is 0 Å². The van der Waals surface area contributed by atoms with Gasteiger partial charge in [0, 0.05) is 5.56 Å². The molecule has 3 N–H and O–H groups in total. The third-order valence-electron chi connectivity index (χ3n) is 2.85. The lowest BCUT2D eigenvalue weighted by molar-refractivity contribution is 0.403. The molecule has 4 heteroatoms. The second-order valence-corrected chi connectivity index (χ2v) is 3.77. The van der Waals surface area contributed by atoms with Crippen molar-refractivity contribution in [2.75, 3.05) is 0 Å². The molecule has 1 aromatic carbocycles. The monoisotopic (exact) mass is 202 g/mol. The third kappa shape index (κ3) is 1.11. The van der Waals surface area contributed by atoms with E-state index in [9.17, 15) is 10.2 Å². The van der Waals surface area contributed by atoms with E-state index in [-0.39, 0.29) is 11.5 Å². The number of aryl methyl sites for hydroxylation is 2. The van der Waals surface area contributed by atoms with Crippen LogP contribution in [0.4, 0.5) is 0 Å². The Morgan fingerprint density at radius 1 is 1.07 bits per heavy atom. The van der Waals surface area contributed by atoms with E-state index < -0.39 is 0 Å². The number of rotatable bonds is 0. The lowest BCUT2D eigenvalue weighted by atomic mass is 9.90. The van der Waals surface area contributed by atoms with Crippen LogP contribution in [-0.2, 0) is 12.8 Å². The van der Waals surface area contributed by atoms with Crippen LogP contribution in [-0.4, -0.2) is 20.4 Å². The predicted octanol–water partition coefficient (Wildman–Crippen LogP) is 1.59. The van der Waals surface area contributed by atoms with Crippen molar-refractivity contribution in [1.29, 1.82) is 0 Å². The molecule has 0 unspecified atom stereocenters. The summed E-state index contributed by atoms with van der Waals surface area (Å²) in [7, 11) is 0. The van der Waals surface area contributed by atoms with Crippen molar-refractivity contribution in [1.82, 2.24) is 10.2 Å². The minimum absolute atomic E-state index is 0.0586. The molecule has 2 aromatic rings. The van der Waals surface area contributed by atoms with Gasteiger partial charge < -0.3 is 10.2 Å². The molecule has 4 nitrogen and oxygen atoms in total. The van der Waals surface area contributed by atoms with Gasteiger partial charge in [-0.25, -0.2) is 0 Å². The average molecular weight is 202 g/mol. The van der Waals surface area contributed by atoms with Gasteiger partial charge in [0.05, 0.1) is 11.9 Å². The quantitative estimate of drug-likeness (QED) is 0.568. The number of phenols is 2. The molecule has 15 heavy (non-hydrogen) atoms. The molecule has 0 radical (unpaired) electrons. The molecule has 1 aliphatic carbocycles. The molecule has 0 amide bonds. The van der Waals surface area contributed by atoms with Crippen molar-refractivity contribution in [2.24, 2.45) is 0 Å². The Morgan fingerprint density at radius 2 is 1.80 bits per heavy atom. The zero-order valence-electron chi connectivity index (χ0n) is 7.99. The lowest BCUT2D eigenvalue weighted by Gasteiger charge is -2.16. The first-order valence-electron chi connectivity index (χ1n) is 4.83. The molecular formula is C11H10N2O2. The van der Waals surface area contributed by atoms with Gasteiger partial charge in [0.2, 0.25) is 0 Å². The van der Waals surface area contributed by atoms with Crippen molar-refractivity contribution in [3.05, 3.63) is 29.5 Å². The van der Waals surface area contributed by atoms with Crippen molar-refractivity contribution in [3.8, 4) is 22.8 Å². The highest BCUT2D eigenvalue weighted by Crippen LogP contribution is 2.38. The van der Waals surface area contributed by atoms with Crippen molar-refractivity contribution in [2.45, 2.75) is 12.8 Å². The fraction of sp³-hybridized carbons (Fsp3) is 0.182. The van der Waals surface area contributed by atoms with Gasteiger partial charge in [-0.05, 0) is 36.1 Å². The number of aromatic nitrogens is 2. The number of H-pyrrole nitrogens is 1. The number of benzene rings is 1. The standard InChI is InChI=1S/C11H10N2O2/c14-9-3-6-1-2-7-5-12-13-11(7)8(6)4-10(9)15/h3-5,14-15H,1-2H2,(H,12,13). The van der Waals surface area contributed by atoms with Crippen LogP contribution in [0.3, 0.4) is 0 Å². The maximum atomic E-state index is 9.45. The Kier molecular flexibility index (Phi) is 1.54. The molecule has 1 heterocycles. The summed E-state index contributed by atoms with van der Waals surface area (Å²) in [6.07, 6.45) is 3.60. The van der Waals surface area contributed by atoms with E-state index in [2.05, 4.69) is 10.2 Å². The number of hydrogen-bond donors (Lipinski definition) is 3. The zero-order chi connectivity index (χ0) is 10.4. The molecular weight excluding hydrogens is 192 g/mol. The van der Waals surface area contributed by atoms with Crippen molar-refractivity contribution >= 4 is 0 Å². The maximum absolute atomic E-state index is 9.45. The average Bonchev–Trinajstić information content (AvgIpc) is 2.68. The van der Waals surface area contributed by atoms with Gasteiger partial charge in [0.25, 0.3) is 0 Å². The number of nitrogens with one attached hydrogen (secondary N) is 1. The van der Waals surface area contributed by atoms with Crippen molar-refractivity contribution < 1.29 is 10.2 Å². The fourth-order valence-electron chi connectivity index (χ4n) is 2.06. The highest BCUT2D eigenvalue weighted by atomic mass is 16.3. The Balaban J connectivity index is 2.28. The van der Waals surface area contributed by atoms with Crippen LogP contribution in [0.1, 0.15) is 11.1 Å². The first-order valence-corrected chi connectivity index (χ1v) is 4.83. The second-order valence-electron chi connectivity index (χ2n) is 3.77. The van der Waals surface area contributed by atoms with Gasteiger partial charge in [-0.1, -0.05) is 0 Å². The van der Waals surface area contributed by atoms with E-state index in [0.29, 0.717) is 0 Å². The molecule has 1 aromatic heterocycles. The normalized spacial score (nSPS) is 13.3. The fourth-order valence-corrected chi connectivity index (χ4v) is 2.06. The molecule has 0 saturated carbocycles. The Labute approximate surface area is 86.2 Å². The van der Waals surface area contributed by atoms with E-state index in [0.717, 1.165) is 35.2 Å². The SMILES string of the molecule is Oc1cc2c(cc1O)-c1[nH]ncc1CC2. The number of nitrogens with zero attached hydrogens (tertiary/aromatic N) is 1. The Hall–Kier alpha value is -1.97. The molecule has 0 saturated heterocycles. The first kappa shape index (κ1) is 8.35. The molecule has 3 rings (SSSR count). The molecule has 0 aliphatic heterocycles. The van der Waals surface area contributed by atoms with Crippen molar-refractivity contribution in [3.63, 3.8) is 0 Å². The maximum Gasteiger partial charge on any atom is 0.158 e. The number of aromatic hydroxyl groups is 2.